The highest BCUT2D eigenvalue weighted by atomic mass is 16.1. The van der Waals surface area contributed by atoms with E-state index in [1.807, 2.05) is 6.07 Å². The molecule has 0 aliphatic carbocycles. The number of hydrogen-bond donors (Lipinski definition) is 1. The van der Waals surface area contributed by atoms with Gasteiger partial charge in [-0.05, 0) is 44.2 Å². The Morgan fingerprint density at radius 3 is 2.65 bits per heavy atom. The molecule has 0 spiro atoms. The molecule has 1 saturated heterocycles. The number of carbonyl (C=O) groups excluding carboxylic acids is 1. The largest absolute Gasteiger partial charge is 0.371 e. The molecule has 0 saturated carbocycles. The number of carbonyl (C=O) groups is 1. The summed E-state index contributed by atoms with van der Waals surface area (Å²) in [5.41, 5.74) is 4.77. The van der Waals surface area contributed by atoms with Crippen molar-refractivity contribution >= 4 is 22.5 Å². The number of nitrogens with one attached hydrogen (secondary N) is 1. The van der Waals surface area contributed by atoms with Crippen LogP contribution in [-0.4, -0.2) is 31.0 Å². The number of benzene rings is 1. The predicted molar refractivity (Wildman–Crippen MR) is 94.8 cm³/mol. The van der Waals surface area contributed by atoms with Gasteiger partial charge < -0.3 is 10.2 Å². The van der Waals surface area contributed by atoms with E-state index in [4.69, 9.17) is 4.98 Å². The Morgan fingerprint density at radius 1 is 1.26 bits per heavy atom. The number of pyridine rings is 1. The zero-order valence-electron chi connectivity index (χ0n) is 14.2. The highest BCUT2D eigenvalue weighted by Crippen LogP contribution is 2.34. The van der Waals surface area contributed by atoms with Crippen molar-refractivity contribution in [1.29, 1.82) is 0 Å². The van der Waals surface area contributed by atoms with Crippen molar-refractivity contribution in [3.05, 3.63) is 35.5 Å². The maximum Gasteiger partial charge on any atom is 0.220 e. The first-order valence-corrected chi connectivity index (χ1v) is 8.41. The van der Waals surface area contributed by atoms with Gasteiger partial charge in [0.15, 0.2) is 0 Å². The molecule has 1 N–H and O–H groups in total. The summed E-state index contributed by atoms with van der Waals surface area (Å²) in [6, 6.07) is 8.38. The van der Waals surface area contributed by atoms with E-state index in [9.17, 15) is 4.79 Å². The van der Waals surface area contributed by atoms with Gasteiger partial charge in [0, 0.05) is 37.6 Å². The van der Waals surface area contributed by atoms with Crippen LogP contribution in [0.3, 0.4) is 0 Å². The topological polar surface area (TPSA) is 45.2 Å². The fourth-order valence-corrected chi connectivity index (χ4v) is 3.54. The summed E-state index contributed by atoms with van der Waals surface area (Å²) in [6.07, 6.45) is 2.80. The number of amides is 1. The Labute approximate surface area is 137 Å². The molecule has 0 unspecified atom stereocenters. The van der Waals surface area contributed by atoms with Gasteiger partial charge in [-0.2, -0.15) is 0 Å². The lowest BCUT2D eigenvalue weighted by atomic mass is 9.92. The molecule has 1 aromatic heterocycles. The van der Waals surface area contributed by atoms with Gasteiger partial charge in [-0.3, -0.25) is 9.78 Å². The van der Waals surface area contributed by atoms with Crippen LogP contribution < -0.4 is 10.2 Å². The predicted octanol–water partition coefficient (Wildman–Crippen LogP) is 3.20. The van der Waals surface area contributed by atoms with Crippen LogP contribution in [0, 0.1) is 19.8 Å². The van der Waals surface area contributed by atoms with E-state index in [1.54, 1.807) is 7.05 Å². The minimum absolute atomic E-state index is 0.157. The molecule has 2 heterocycles. The molecule has 1 fully saturated rings. The van der Waals surface area contributed by atoms with Gasteiger partial charge in [-0.1, -0.05) is 18.2 Å². The minimum Gasteiger partial charge on any atom is -0.371 e. The van der Waals surface area contributed by atoms with Gasteiger partial charge in [0.2, 0.25) is 5.91 Å². The Hall–Kier alpha value is -2.10. The van der Waals surface area contributed by atoms with Gasteiger partial charge in [0.05, 0.1) is 11.2 Å². The normalized spacial score (nSPS) is 15.9. The van der Waals surface area contributed by atoms with Crippen molar-refractivity contribution in [3.63, 3.8) is 0 Å². The second kappa shape index (κ2) is 6.57. The number of rotatable bonds is 3. The first-order valence-electron chi connectivity index (χ1n) is 8.41. The van der Waals surface area contributed by atoms with Crippen LogP contribution in [0.25, 0.3) is 10.9 Å². The zero-order chi connectivity index (χ0) is 16.4. The van der Waals surface area contributed by atoms with Gasteiger partial charge in [-0.25, -0.2) is 0 Å². The monoisotopic (exact) mass is 311 g/mol. The van der Waals surface area contributed by atoms with E-state index in [0.717, 1.165) is 37.1 Å². The highest BCUT2D eigenvalue weighted by Gasteiger charge is 2.24. The lowest BCUT2D eigenvalue weighted by molar-refractivity contribution is -0.121. The number of aromatic nitrogens is 1. The number of nitrogens with zero attached hydrogens (tertiary/aromatic N) is 2. The molecule has 0 bridgehead atoms. The SMILES string of the molecule is CNC(=O)CC1CCN(c2c(C)c(C)nc3ccccc23)CC1. The number of anilines is 1. The van der Waals surface area contributed by atoms with Crippen LogP contribution in [-0.2, 0) is 4.79 Å². The smallest absolute Gasteiger partial charge is 0.220 e. The molecule has 4 heteroatoms. The number of piperidine rings is 1. The first kappa shape index (κ1) is 15.8. The van der Waals surface area contributed by atoms with E-state index < -0.39 is 0 Å². The fraction of sp³-hybridized carbons (Fsp3) is 0.474. The van der Waals surface area contributed by atoms with Crippen LogP contribution >= 0.6 is 0 Å². The number of fused-ring (bicyclic) bond motifs is 1. The third-order valence-corrected chi connectivity index (χ3v) is 5.03. The lowest BCUT2D eigenvalue weighted by Gasteiger charge is -2.35. The lowest BCUT2D eigenvalue weighted by Crippen LogP contribution is -2.36. The molecule has 1 aromatic carbocycles. The Bertz CT molecular complexity index is 718. The number of hydrogen-bond acceptors (Lipinski definition) is 3. The molecule has 1 aliphatic heterocycles. The molecule has 2 aromatic rings. The number of para-hydroxylation sites is 1. The van der Waals surface area contributed by atoms with Crippen LogP contribution in [0.1, 0.15) is 30.5 Å². The maximum atomic E-state index is 11.6. The van der Waals surface area contributed by atoms with Gasteiger partial charge in [-0.15, -0.1) is 0 Å². The summed E-state index contributed by atoms with van der Waals surface area (Å²) in [5, 5.41) is 3.97. The van der Waals surface area contributed by atoms with E-state index in [0.29, 0.717) is 12.3 Å². The number of aryl methyl sites for hydroxylation is 1. The van der Waals surface area contributed by atoms with E-state index >= 15 is 0 Å². The van der Waals surface area contributed by atoms with E-state index in [-0.39, 0.29) is 5.91 Å². The van der Waals surface area contributed by atoms with E-state index in [1.165, 1.54) is 16.6 Å². The van der Waals surface area contributed by atoms with Crippen LogP contribution in [0.15, 0.2) is 24.3 Å². The summed E-state index contributed by atoms with van der Waals surface area (Å²) in [4.78, 5) is 18.8. The zero-order valence-corrected chi connectivity index (χ0v) is 14.2. The highest BCUT2D eigenvalue weighted by molar-refractivity contribution is 5.93. The molecule has 4 nitrogen and oxygen atoms in total. The Balaban J connectivity index is 1.85. The quantitative estimate of drug-likeness (QED) is 0.947. The summed E-state index contributed by atoms with van der Waals surface area (Å²) in [7, 11) is 1.71. The average Bonchev–Trinajstić information content (AvgIpc) is 2.57. The van der Waals surface area contributed by atoms with Crippen molar-refractivity contribution in [2.24, 2.45) is 5.92 Å². The molecule has 1 amide bonds. The third-order valence-electron chi connectivity index (χ3n) is 5.03. The molecular weight excluding hydrogens is 286 g/mol. The molecule has 23 heavy (non-hydrogen) atoms. The molecule has 1 aliphatic rings. The van der Waals surface area contributed by atoms with Crippen LogP contribution in [0.4, 0.5) is 5.69 Å². The summed E-state index contributed by atoms with van der Waals surface area (Å²) in [6.45, 7) is 6.27. The summed E-state index contributed by atoms with van der Waals surface area (Å²) >= 11 is 0. The molecule has 122 valence electrons. The van der Waals surface area contributed by atoms with Gasteiger partial charge in [0.1, 0.15) is 0 Å². The summed E-state index contributed by atoms with van der Waals surface area (Å²) < 4.78 is 0. The van der Waals surface area contributed by atoms with E-state index in [2.05, 4.69) is 42.3 Å². The molecule has 3 rings (SSSR count). The van der Waals surface area contributed by atoms with Crippen molar-refractivity contribution in [1.82, 2.24) is 10.3 Å². The average molecular weight is 311 g/mol. The second-order valence-electron chi connectivity index (χ2n) is 6.50. The van der Waals surface area contributed by atoms with Crippen molar-refractivity contribution in [2.45, 2.75) is 33.1 Å². The van der Waals surface area contributed by atoms with Gasteiger partial charge >= 0.3 is 0 Å². The standard InChI is InChI=1S/C19H25N3O/c1-13-14(2)21-17-7-5-4-6-16(17)19(13)22-10-8-15(9-11-22)12-18(23)20-3/h4-7,15H,8-12H2,1-3H3,(H,20,23). The maximum absolute atomic E-state index is 11.6. The van der Waals surface area contributed by atoms with Crippen LogP contribution in [0.2, 0.25) is 0 Å². The van der Waals surface area contributed by atoms with Crippen molar-refractivity contribution < 1.29 is 4.79 Å². The molecule has 0 radical (unpaired) electrons. The van der Waals surface area contributed by atoms with Crippen LogP contribution in [0.5, 0.6) is 0 Å². The summed E-state index contributed by atoms with van der Waals surface area (Å²) in [5.74, 6) is 0.658. The first-order chi connectivity index (χ1) is 11.1. The fourth-order valence-electron chi connectivity index (χ4n) is 3.54. The second-order valence-corrected chi connectivity index (χ2v) is 6.50. The minimum atomic E-state index is 0.157. The Morgan fingerprint density at radius 2 is 1.96 bits per heavy atom. The third kappa shape index (κ3) is 3.16. The van der Waals surface area contributed by atoms with Gasteiger partial charge in [0.25, 0.3) is 0 Å². The Kier molecular flexibility index (Phi) is 4.51. The molecular formula is C19H25N3O. The van der Waals surface area contributed by atoms with Crippen molar-refractivity contribution in [3.8, 4) is 0 Å². The van der Waals surface area contributed by atoms with Crippen molar-refractivity contribution in [2.75, 3.05) is 25.0 Å². The molecule has 0 atom stereocenters.